The van der Waals surface area contributed by atoms with Gasteiger partial charge in [-0.25, -0.2) is 0 Å². The molecule has 14 heavy (non-hydrogen) atoms. The molecule has 1 atom stereocenters. The zero-order valence-corrected chi connectivity index (χ0v) is 9.78. The third kappa shape index (κ3) is 3.19. The summed E-state index contributed by atoms with van der Waals surface area (Å²) in [5.74, 6) is 1.03. The fourth-order valence-electron chi connectivity index (χ4n) is 1.78. The molecule has 0 aromatic carbocycles. The van der Waals surface area contributed by atoms with Gasteiger partial charge in [0.1, 0.15) is 0 Å². The van der Waals surface area contributed by atoms with Gasteiger partial charge in [0.15, 0.2) is 5.17 Å². The summed E-state index contributed by atoms with van der Waals surface area (Å²) >= 11 is 1.95. The number of aliphatic imine (C=N–C) groups is 1. The first-order chi connectivity index (χ1) is 6.88. The van der Waals surface area contributed by atoms with Crippen molar-refractivity contribution in [2.45, 2.75) is 44.3 Å². The minimum atomic E-state index is 0.753. The molecule has 2 aliphatic rings. The number of hydrogen-bond donors (Lipinski definition) is 1. The molecule has 0 spiro atoms. The summed E-state index contributed by atoms with van der Waals surface area (Å²) in [6.45, 7) is 4.42. The monoisotopic (exact) mass is 212 g/mol. The molecule has 1 fully saturated rings. The lowest BCUT2D eigenvalue weighted by Crippen LogP contribution is -2.21. The van der Waals surface area contributed by atoms with Gasteiger partial charge in [0.05, 0.1) is 6.54 Å². The van der Waals surface area contributed by atoms with Crippen LogP contribution in [0.5, 0.6) is 0 Å². The Morgan fingerprint density at radius 3 is 3.00 bits per heavy atom. The fraction of sp³-hybridized carbons (Fsp3) is 0.909. The highest BCUT2D eigenvalue weighted by atomic mass is 32.2. The maximum Gasteiger partial charge on any atom is 0.156 e. The van der Waals surface area contributed by atoms with Crippen molar-refractivity contribution < 1.29 is 0 Å². The van der Waals surface area contributed by atoms with E-state index in [1.54, 1.807) is 0 Å². The molecule has 1 N–H and O–H groups in total. The minimum absolute atomic E-state index is 0.753. The van der Waals surface area contributed by atoms with Crippen LogP contribution in [-0.2, 0) is 0 Å². The molecule has 2 rings (SSSR count). The van der Waals surface area contributed by atoms with Gasteiger partial charge < -0.3 is 5.32 Å². The smallest absolute Gasteiger partial charge is 0.156 e. The van der Waals surface area contributed by atoms with Crippen LogP contribution in [-0.4, -0.2) is 23.5 Å². The van der Waals surface area contributed by atoms with Crippen molar-refractivity contribution in [2.75, 3.05) is 13.1 Å². The second-order valence-corrected chi connectivity index (χ2v) is 5.62. The molecule has 0 saturated heterocycles. The summed E-state index contributed by atoms with van der Waals surface area (Å²) in [6, 6.07) is 0. The van der Waals surface area contributed by atoms with E-state index in [2.05, 4.69) is 17.2 Å². The standard InChI is InChI=1S/C11H20N2S/c1-2-3-10-8-13-11(14-10)12-7-6-9-4-5-9/h9-10H,2-8H2,1H3,(H,12,13). The quantitative estimate of drug-likeness (QED) is 0.757. The van der Waals surface area contributed by atoms with Gasteiger partial charge in [0.25, 0.3) is 0 Å². The van der Waals surface area contributed by atoms with Crippen LogP contribution < -0.4 is 5.32 Å². The van der Waals surface area contributed by atoms with Gasteiger partial charge in [-0.2, -0.15) is 0 Å². The van der Waals surface area contributed by atoms with Gasteiger partial charge in [0, 0.05) is 11.8 Å². The maximum atomic E-state index is 4.52. The zero-order valence-electron chi connectivity index (χ0n) is 8.96. The molecule has 1 heterocycles. The third-order valence-electron chi connectivity index (χ3n) is 2.85. The largest absolute Gasteiger partial charge is 0.365 e. The first-order valence-electron chi connectivity index (χ1n) is 5.83. The Kier molecular flexibility index (Phi) is 3.74. The molecule has 0 radical (unpaired) electrons. The first kappa shape index (κ1) is 10.3. The van der Waals surface area contributed by atoms with Gasteiger partial charge >= 0.3 is 0 Å². The van der Waals surface area contributed by atoms with Crippen LogP contribution in [0.15, 0.2) is 4.99 Å². The molecule has 0 aromatic heterocycles. The van der Waals surface area contributed by atoms with Crippen molar-refractivity contribution in [2.24, 2.45) is 10.9 Å². The summed E-state index contributed by atoms with van der Waals surface area (Å²) in [7, 11) is 0. The first-order valence-corrected chi connectivity index (χ1v) is 6.71. The minimum Gasteiger partial charge on any atom is -0.365 e. The van der Waals surface area contributed by atoms with Crippen molar-refractivity contribution in [3.63, 3.8) is 0 Å². The normalized spacial score (nSPS) is 26.4. The Hall–Kier alpha value is -0.180. The SMILES string of the molecule is CCCC1CN=C(NCCC2CC2)S1. The van der Waals surface area contributed by atoms with E-state index in [9.17, 15) is 0 Å². The van der Waals surface area contributed by atoms with E-state index in [1.165, 1.54) is 37.3 Å². The summed E-state index contributed by atoms with van der Waals surface area (Å²) in [4.78, 5) is 4.52. The maximum absolute atomic E-state index is 4.52. The highest BCUT2D eigenvalue weighted by Gasteiger charge is 2.22. The molecule has 0 aromatic rings. The summed E-state index contributed by atoms with van der Waals surface area (Å²) in [5.41, 5.74) is 0. The lowest BCUT2D eigenvalue weighted by molar-refractivity contribution is 0.702. The number of hydrogen-bond acceptors (Lipinski definition) is 3. The van der Waals surface area contributed by atoms with E-state index in [0.29, 0.717) is 0 Å². The third-order valence-corrected chi connectivity index (χ3v) is 4.07. The lowest BCUT2D eigenvalue weighted by Gasteiger charge is -2.07. The Labute approximate surface area is 90.9 Å². The molecular weight excluding hydrogens is 192 g/mol. The van der Waals surface area contributed by atoms with Crippen molar-refractivity contribution in [3.8, 4) is 0 Å². The van der Waals surface area contributed by atoms with Gasteiger partial charge in [-0.1, -0.05) is 37.9 Å². The van der Waals surface area contributed by atoms with Crippen LogP contribution in [0.3, 0.4) is 0 Å². The van der Waals surface area contributed by atoms with Crippen LogP contribution in [0.25, 0.3) is 0 Å². The molecule has 0 amide bonds. The zero-order chi connectivity index (χ0) is 9.80. The molecule has 1 unspecified atom stereocenters. The van der Waals surface area contributed by atoms with Crippen LogP contribution in [0.4, 0.5) is 0 Å². The number of nitrogens with one attached hydrogen (secondary N) is 1. The van der Waals surface area contributed by atoms with Gasteiger partial charge in [0.2, 0.25) is 0 Å². The molecule has 2 nitrogen and oxygen atoms in total. The van der Waals surface area contributed by atoms with Crippen LogP contribution in [0, 0.1) is 5.92 Å². The Bertz CT molecular complexity index is 211. The molecular formula is C11H20N2S. The topological polar surface area (TPSA) is 24.4 Å². The van der Waals surface area contributed by atoms with E-state index in [1.807, 2.05) is 11.8 Å². The predicted molar refractivity (Wildman–Crippen MR) is 63.9 cm³/mol. The Morgan fingerprint density at radius 1 is 1.43 bits per heavy atom. The van der Waals surface area contributed by atoms with Crippen molar-refractivity contribution in [1.82, 2.24) is 5.32 Å². The Balaban J connectivity index is 1.57. The number of nitrogens with zero attached hydrogens (tertiary/aromatic N) is 1. The van der Waals surface area contributed by atoms with Crippen LogP contribution in [0.2, 0.25) is 0 Å². The average Bonchev–Trinajstić information content (AvgIpc) is 2.88. The van der Waals surface area contributed by atoms with E-state index in [4.69, 9.17) is 0 Å². The number of amidine groups is 1. The van der Waals surface area contributed by atoms with E-state index >= 15 is 0 Å². The van der Waals surface area contributed by atoms with Gasteiger partial charge in [-0.3, -0.25) is 4.99 Å². The van der Waals surface area contributed by atoms with Crippen LogP contribution >= 0.6 is 11.8 Å². The number of rotatable bonds is 5. The van der Waals surface area contributed by atoms with E-state index in [0.717, 1.165) is 24.3 Å². The van der Waals surface area contributed by atoms with Crippen molar-refractivity contribution >= 4 is 16.9 Å². The summed E-state index contributed by atoms with van der Waals surface area (Å²) in [5, 5.41) is 5.41. The molecule has 1 saturated carbocycles. The molecule has 3 heteroatoms. The highest BCUT2D eigenvalue weighted by Crippen LogP contribution is 2.32. The summed E-state index contributed by atoms with van der Waals surface area (Å²) < 4.78 is 0. The van der Waals surface area contributed by atoms with Crippen LogP contribution in [0.1, 0.15) is 39.0 Å². The molecule has 0 bridgehead atoms. The fourth-order valence-corrected chi connectivity index (χ4v) is 2.93. The van der Waals surface area contributed by atoms with Gasteiger partial charge in [-0.15, -0.1) is 0 Å². The molecule has 1 aliphatic carbocycles. The number of thioether (sulfide) groups is 1. The highest BCUT2D eigenvalue weighted by molar-refractivity contribution is 8.14. The second-order valence-electron chi connectivity index (χ2n) is 4.33. The lowest BCUT2D eigenvalue weighted by atomic mass is 10.2. The summed E-state index contributed by atoms with van der Waals surface area (Å²) in [6.07, 6.45) is 6.85. The molecule has 1 aliphatic heterocycles. The Morgan fingerprint density at radius 2 is 2.29 bits per heavy atom. The second kappa shape index (κ2) is 5.06. The molecule has 80 valence electrons. The predicted octanol–water partition coefficient (Wildman–Crippen LogP) is 2.65. The van der Waals surface area contributed by atoms with Crippen molar-refractivity contribution in [1.29, 1.82) is 0 Å². The van der Waals surface area contributed by atoms with E-state index < -0.39 is 0 Å². The average molecular weight is 212 g/mol. The van der Waals surface area contributed by atoms with Crippen molar-refractivity contribution in [3.05, 3.63) is 0 Å². The van der Waals surface area contributed by atoms with E-state index in [-0.39, 0.29) is 0 Å². The van der Waals surface area contributed by atoms with Gasteiger partial charge in [-0.05, 0) is 18.8 Å².